The highest BCUT2D eigenvalue weighted by Crippen LogP contribution is 2.22. The summed E-state index contributed by atoms with van der Waals surface area (Å²) in [5, 5.41) is 7.85. The van der Waals surface area contributed by atoms with Gasteiger partial charge >= 0.3 is 0 Å². The summed E-state index contributed by atoms with van der Waals surface area (Å²) in [6, 6.07) is 16.5. The van der Waals surface area contributed by atoms with Crippen molar-refractivity contribution in [1.29, 1.82) is 0 Å². The first kappa shape index (κ1) is 21.1. The lowest BCUT2D eigenvalue weighted by atomic mass is 9.97. The molecule has 4 rings (SSSR count). The Bertz CT molecular complexity index is 1150. The Morgan fingerprint density at radius 2 is 2.00 bits per heavy atom. The van der Waals surface area contributed by atoms with Crippen molar-refractivity contribution < 1.29 is 9.18 Å². The zero-order valence-corrected chi connectivity index (χ0v) is 17.6. The second-order valence-corrected chi connectivity index (χ2v) is 7.95. The Hall–Kier alpha value is -3.19. The van der Waals surface area contributed by atoms with Crippen molar-refractivity contribution in [3.63, 3.8) is 0 Å². The molecule has 6 nitrogen and oxygen atoms in total. The predicted octanol–water partition coefficient (Wildman–Crippen LogP) is 3.56. The van der Waals surface area contributed by atoms with Gasteiger partial charge in [-0.05, 0) is 43.2 Å². The molecule has 2 aromatic carbocycles. The van der Waals surface area contributed by atoms with Crippen molar-refractivity contribution in [3.05, 3.63) is 87.4 Å². The van der Waals surface area contributed by atoms with Gasteiger partial charge in [-0.2, -0.15) is 4.68 Å². The molecule has 0 unspecified atom stereocenters. The van der Waals surface area contributed by atoms with Gasteiger partial charge in [0.25, 0.3) is 5.56 Å². The molecule has 0 radical (unpaired) electrons. The molecule has 160 valence electrons. The molecule has 1 saturated heterocycles. The van der Waals surface area contributed by atoms with Crippen LogP contribution in [0.5, 0.6) is 0 Å². The Kier molecular flexibility index (Phi) is 6.32. The first-order valence-corrected chi connectivity index (χ1v) is 10.5. The largest absolute Gasteiger partial charge is 0.354 e. The smallest absolute Gasteiger partial charge is 0.271 e. The summed E-state index contributed by atoms with van der Waals surface area (Å²) in [6.07, 6.45) is 1.56. The minimum atomic E-state index is -0.333. The van der Waals surface area contributed by atoms with Gasteiger partial charge in [0.2, 0.25) is 5.91 Å². The molecule has 31 heavy (non-hydrogen) atoms. The van der Waals surface area contributed by atoms with Gasteiger partial charge in [0, 0.05) is 36.3 Å². The Morgan fingerprint density at radius 3 is 2.81 bits per heavy atom. The number of benzene rings is 2. The van der Waals surface area contributed by atoms with Crippen molar-refractivity contribution in [2.75, 3.05) is 18.0 Å². The second kappa shape index (κ2) is 9.31. The normalized spacial score (nSPS) is 16.2. The van der Waals surface area contributed by atoms with E-state index < -0.39 is 0 Å². The van der Waals surface area contributed by atoms with E-state index >= 15 is 0 Å². The molecule has 0 spiro atoms. The molecule has 8 heteroatoms. The van der Waals surface area contributed by atoms with Crippen LogP contribution in [0.15, 0.2) is 65.5 Å². The van der Waals surface area contributed by atoms with E-state index in [0.29, 0.717) is 28.6 Å². The SMILES string of the molecule is O=C(NCc1ccccc1F)[C@@H]1CCCN(c2ccc(=O)n(-c3cccc(Cl)c3)n2)C1. The molecule has 1 amide bonds. The van der Waals surface area contributed by atoms with Crippen molar-refractivity contribution >= 4 is 23.3 Å². The maximum absolute atomic E-state index is 13.8. The van der Waals surface area contributed by atoms with Gasteiger partial charge in [-0.15, -0.1) is 5.10 Å². The quantitative estimate of drug-likeness (QED) is 0.658. The summed E-state index contributed by atoms with van der Waals surface area (Å²) < 4.78 is 15.1. The maximum atomic E-state index is 13.8. The molecule has 1 aromatic heterocycles. The average molecular weight is 441 g/mol. The number of nitrogens with zero attached hydrogens (tertiary/aromatic N) is 3. The molecule has 1 atom stereocenters. The van der Waals surface area contributed by atoms with Gasteiger partial charge in [-0.25, -0.2) is 4.39 Å². The van der Waals surface area contributed by atoms with E-state index in [0.717, 1.165) is 19.4 Å². The van der Waals surface area contributed by atoms with Crippen LogP contribution in [0.25, 0.3) is 5.69 Å². The number of hydrogen-bond donors (Lipinski definition) is 1. The monoisotopic (exact) mass is 440 g/mol. The standard InChI is InChI=1S/C23H22ClFN4O2/c24-18-7-3-8-19(13-18)29-22(30)11-10-21(27-29)28-12-4-6-17(15-28)23(31)26-14-16-5-1-2-9-20(16)25/h1-3,5,7-11,13,17H,4,6,12,14-15H2,(H,26,31)/t17-/m1/s1. The number of carbonyl (C=O) groups excluding carboxylic acids is 1. The molecular weight excluding hydrogens is 419 g/mol. The maximum Gasteiger partial charge on any atom is 0.271 e. The average Bonchev–Trinajstić information content (AvgIpc) is 2.79. The summed E-state index contributed by atoms with van der Waals surface area (Å²) >= 11 is 6.05. The highest BCUT2D eigenvalue weighted by Gasteiger charge is 2.27. The summed E-state index contributed by atoms with van der Waals surface area (Å²) in [4.78, 5) is 27.0. The van der Waals surface area contributed by atoms with Gasteiger partial charge < -0.3 is 10.2 Å². The Morgan fingerprint density at radius 1 is 1.16 bits per heavy atom. The molecule has 1 aliphatic heterocycles. The molecule has 0 aliphatic carbocycles. The summed E-state index contributed by atoms with van der Waals surface area (Å²) in [7, 11) is 0. The number of piperidine rings is 1. The zero-order chi connectivity index (χ0) is 21.8. The molecule has 2 heterocycles. The van der Waals surface area contributed by atoms with Crippen LogP contribution in [0, 0.1) is 11.7 Å². The fourth-order valence-corrected chi connectivity index (χ4v) is 3.92. The molecular formula is C23H22ClFN4O2. The minimum absolute atomic E-state index is 0.115. The molecule has 0 saturated carbocycles. The zero-order valence-electron chi connectivity index (χ0n) is 16.8. The lowest BCUT2D eigenvalue weighted by molar-refractivity contribution is -0.125. The third kappa shape index (κ3) is 4.94. The van der Waals surface area contributed by atoms with Crippen LogP contribution in [0.4, 0.5) is 10.2 Å². The van der Waals surface area contributed by atoms with Crippen LogP contribution < -0.4 is 15.8 Å². The molecule has 1 fully saturated rings. The van der Waals surface area contributed by atoms with Crippen LogP contribution >= 0.6 is 11.6 Å². The number of carbonyl (C=O) groups is 1. The fraction of sp³-hybridized carbons (Fsp3) is 0.261. The van der Waals surface area contributed by atoms with E-state index in [1.807, 2.05) is 4.90 Å². The first-order valence-electron chi connectivity index (χ1n) is 10.1. The lowest BCUT2D eigenvalue weighted by Gasteiger charge is -2.33. The highest BCUT2D eigenvalue weighted by atomic mass is 35.5. The topological polar surface area (TPSA) is 67.2 Å². The predicted molar refractivity (Wildman–Crippen MR) is 118 cm³/mol. The van der Waals surface area contributed by atoms with Crippen LogP contribution in [0.1, 0.15) is 18.4 Å². The molecule has 3 aromatic rings. The van der Waals surface area contributed by atoms with Crippen LogP contribution in [-0.2, 0) is 11.3 Å². The van der Waals surface area contributed by atoms with E-state index in [1.54, 1.807) is 48.5 Å². The number of halogens is 2. The van der Waals surface area contributed by atoms with Crippen LogP contribution in [0.3, 0.4) is 0 Å². The van der Waals surface area contributed by atoms with E-state index in [2.05, 4.69) is 10.4 Å². The van der Waals surface area contributed by atoms with Gasteiger partial charge in [-0.1, -0.05) is 35.9 Å². The third-order valence-corrected chi connectivity index (χ3v) is 5.60. The minimum Gasteiger partial charge on any atom is -0.354 e. The number of hydrogen-bond acceptors (Lipinski definition) is 4. The first-order chi connectivity index (χ1) is 15.0. The second-order valence-electron chi connectivity index (χ2n) is 7.52. The summed E-state index contributed by atoms with van der Waals surface area (Å²) in [5.74, 6) is -0.0725. The van der Waals surface area contributed by atoms with E-state index in [4.69, 9.17) is 11.6 Å². The molecule has 1 aliphatic rings. The summed E-state index contributed by atoms with van der Waals surface area (Å²) in [5.41, 5.74) is 0.775. The summed E-state index contributed by atoms with van der Waals surface area (Å²) in [6.45, 7) is 1.36. The van der Waals surface area contributed by atoms with Crippen LogP contribution in [-0.4, -0.2) is 28.8 Å². The van der Waals surface area contributed by atoms with Crippen molar-refractivity contribution in [2.24, 2.45) is 5.92 Å². The van der Waals surface area contributed by atoms with E-state index in [1.165, 1.54) is 16.8 Å². The molecule has 1 N–H and O–H groups in total. The van der Waals surface area contributed by atoms with Gasteiger partial charge in [0.1, 0.15) is 11.6 Å². The van der Waals surface area contributed by atoms with Crippen molar-refractivity contribution in [3.8, 4) is 5.69 Å². The van der Waals surface area contributed by atoms with E-state index in [-0.39, 0.29) is 29.7 Å². The number of anilines is 1. The van der Waals surface area contributed by atoms with Gasteiger partial charge in [-0.3, -0.25) is 9.59 Å². The number of rotatable bonds is 5. The molecule has 0 bridgehead atoms. The third-order valence-electron chi connectivity index (χ3n) is 5.37. The lowest BCUT2D eigenvalue weighted by Crippen LogP contribution is -2.43. The Labute approximate surface area is 184 Å². The highest BCUT2D eigenvalue weighted by molar-refractivity contribution is 6.30. The number of aromatic nitrogens is 2. The number of amides is 1. The fourth-order valence-electron chi connectivity index (χ4n) is 3.73. The van der Waals surface area contributed by atoms with Crippen LogP contribution in [0.2, 0.25) is 5.02 Å². The van der Waals surface area contributed by atoms with Gasteiger partial charge in [0.05, 0.1) is 11.6 Å². The van der Waals surface area contributed by atoms with Gasteiger partial charge in [0.15, 0.2) is 0 Å². The van der Waals surface area contributed by atoms with Crippen molar-refractivity contribution in [2.45, 2.75) is 19.4 Å². The van der Waals surface area contributed by atoms with Crippen molar-refractivity contribution in [1.82, 2.24) is 15.1 Å². The number of nitrogens with one attached hydrogen (secondary N) is 1. The Balaban J connectivity index is 1.47. The van der Waals surface area contributed by atoms with E-state index in [9.17, 15) is 14.0 Å².